The van der Waals surface area contributed by atoms with E-state index in [0.29, 0.717) is 22.9 Å². The minimum atomic E-state index is 0.456. The van der Waals surface area contributed by atoms with Crippen LogP contribution < -0.4 is 0 Å². The Bertz CT molecular complexity index is 602. The highest BCUT2D eigenvalue weighted by Gasteiger charge is 2.03. The molecule has 94 valence electrons. The van der Waals surface area contributed by atoms with Crippen LogP contribution in [0.15, 0.2) is 70.6 Å². The third-order valence-corrected chi connectivity index (χ3v) is 2.33. The third-order valence-electron chi connectivity index (χ3n) is 2.33. The van der Waals surface area contributed by atoms with Crippen molar-refractivity contribution in [2.24, 2.45) is 15.2 Å². The van der Waals surface area contributed by atoms with E-state index in [1.165, 1.54) is 0 Å². The van der Waals surface area contributed by atoms with Crippen LogP contribution in [-0.4, -0.2) is 22.9 Å². The van der Waals surface area contributed by atoms with Gasteiger partial charge in [0.05, 0.1) is 5.69 Å². The Kier molecular flexibility index (Phi) is 4.23. The molecule has 0 saturated carbocycles. The molecule has 0 aliphatic heterocycles. The van der Waals surface area contributed by atoms with Gasteiger partial charge < -0.3 is 0 Å². The molecule has 0 aliphatic rings. The zero-order valence-corrected chi connectivity index (χ0v) is 10.6. The number of rotatable bonds is 3. The van der Waals surface area contributed by atoms with Crippen molar-refractivity contribution in [1.82, 2.24) is 9.97 Å². The zero-order valence-electron chi connectivity index (χ0n) is 10.6. The van der Waals surface area contributed by atoms with E-state index in [1.54, 1.807) is 19.4 Å². The largest absolute Gasteiger partial charge is 0.267 e. The maximum Gasteiger partial charge on any atom is 0.195 e. The van der Waals surface area contributed by atoms with Gasteiger partial charge in [-0.1, -0.05) is 18.7 Å². The van der Waals surface area contributed by atoms with E-state index in [4.69, 9.17) is 0 Å². The molecule has 2 aromatic rings. The second-order valence-electron chi connectivity index (χ2n) is 3.62. The van der Waals surface area contributed by atoms with Gasteiger partial charge in [-0.2, -0.15) is 0 Å². The van der Waals surface area contributed by atoms with Gasteiger partial charge in [0.1, 0.15) is 11.4 Å². The first-order valence-corrected chi connectivity index (χ1v) is 5.71. The summed E-state index contributed by atoms with van der Waals surface area (Å²) in [6.45, 7) is 3.83. The summed E-state index contributed by atoms with van der Waals surface area (Å²) in [5.41, 5.74) is 1.84. The minimum Gasteiger partial charge on any atom is -0.267 e. The molecule has 0 aliphatic carbocycles. The fraction of sp³-hybridized carbons (Fsp3) is 0.0714. The molecule has 2 aromatic heterocycles. The first-order chi connectivity index (χ1) is 9.31. The SMILES string of the molecule is C=C(/N=N\C(=N/C)c1ccccn1)c1ccccn1. The Labute approximate surface area is 111 Å². The summed E-state index contributed by atoms with van der Waals surface area (Å²) < 4.78 is 0. The van der Waals surface area contributed by atoms with Crippen LogP contribution in [0.25, 0.3) is 5.70 Å². The Morgan fingerprint density at radius 2 is 1.58 bits per heavy atom. The second-order valence-corrected chi connectivity index (χ2v) is 3.62. The summed E-state index contributed by atoms with van der Waals surface area (Å²) in [5, 5.41) is 8.10. The molecule has 0 radical (unpaired) electrons. The number of aromatic nitrogens is 2. The molecule has 2 heterocycles. The maximum atomic E-state index is 4.17. The molecule has 19 heavy (non-hydrogen) atoms. The molecule has 0 amide bonds. The van der Waals surface area contributed by atoms with Crippen LogP contribution in [0, 0.1) is 0 Å². The molecule has 0 unspecified atom stereocenters. The van der Waals surface area contributed by atoms with E-state index in [-0.39, 0.29) is 0 Å². The van der Waals surface area contributed by atoms with Gasteiger partial charge in [-0.3, -0.25) is 15.0 Å². The van der Waals surface area contributed by atoms with Gasteiger partial charge in [0.15, 0.2) is 5.84 Å². The quantitative estimate of drug-likeness (QED) is 0.478. The molecular weight excluding hydrogens is 238 g/mol. The smallest absolute Gasteiger partial charge is 0.195 e. The van der Waals surface area contributed by atoms with Crippen LogP contribution >= 0.6 is 0 Å². The van der Waals surface area contributed by atoms with Crippen molar-refractivity contribution in [2.75, 3.05) is 7.05 Å². The van der Waals surface area contributed by atoms with Crippen LogP contribution in [0.2, 0.25) is 0 Å². The Morgan fingerprint density at radius 1 is 0.947 bits per heavy atom. The van der Waals surface area contributed by atoms with Gasteiger partial charge in [0.2, 0.25) is 0 Å². The average molecular weight is 251 g/mol. The van der Waals surface area contributed by atoms with E-state index in [0.717, 1.165) is 0 Å². The highest BCUT2D eigenvalue weighted by molar-refractivity contribution is 5.97. The number of aliphatic imine (C=N–C) groups is 1. The zero-order chi connectivity index (χ0) is 13.5. The van der Waals surface area contributed by atoms with Crippen LogP contribution in [-0.2, 0) is 0 Å². The van der Waals surface area contributed by atoms with Crippen molar-refractivity contribution in [3.63, 3.8) is 0 Å². The monoisotopic (exact) mass is 251 g/mol. The van der Waals surface area contributed by atoms with E-state index < -0.39 is 0 Å². The van der Waals surface area contributed by atoms with Crippen molar-refractivity contribution >= 4 is 11.5 Å². The summed E-state index contributed by atoms with van der Waals surface area (Å²) in [6, 6.07) is 11.1. The Balaban J connectivity index is 2.16. The molecule has 0 bridgehead atoms. The average Bonchev–Trinajstić information content (AvgIpc) is 2.49. The van der Waals surface area contributed by atoms with Crippen LogP contribution in [0.1, 0.15) is 11.4 Å². The van der Waals surface area contributed by atoms with Gasteiger partial charge in [-0.05, 0) is 24.3 Å². The maximum absolute atomic E-state index is 4.17. The van der Waals surface area contributed by atoms with E-state index >= 15 is 0 Å². The first-order valence-electron chi connectivity index (χ1n) is 5.71. The number of pyridine rings is 2. The van der Waals surface area contributed by atoms with Crippen LogP contribution in [0.5, 0.6) is 0 Å². The molecule has 5 heteroatoms. The third kappa shape index (κ3) is 3.38. The molecule has 2 rings (SSSR count). The van der Waals surface area contributed by atoms with Crippen molar-refractivity contribution < 1.29 is 0 Å². The predicted octanol–water partition coefficient (Wildman–Crippen LogP) is 2.98. The number of hydrogen-bond donors (Lipinski definition) is 0. The summed E-state index contributed by atoms with van der Waals surface area (Å²) in [6.07, 6.45) is 3.37. The van der Waals surface area contributed by atoms with Gasteiger partial charge in [0.25, 0.3) is 0 Å². The molecule has 5 nitrogen and oxygen atoms in total. The van der Waals surface area contributed by atoms with Crippen molar-refractivity contribution in [1.29, 1.82) is 0 Å². The molecule has 0 spiro atoms. The summed E-state index contributed by atoms with van der Waals surface area (Å²) in [4.78, 5) is 12.4. The number of azo groups is 1. The number of nitrogens with zero attached hydrogens (tertiary/aromatic N) is 5. The van der Waals surface area contributed by atoms with Gasteiger partial charge in [0, 0.05) is 19.4 Å². The highest BCUT2D eigenvalue weighted by Crippen LogP contribution is 2.11. The van der Waals surface area contributed by atoms with Crippen molar-refractivity contribution in [3.05, 3.63) is 66.8 Å². The Morgan fingerprint density at radius 3 is 2.11 bits per heavy atom. The lowest BCUT2D eigenvalue weighted by atomic mass is 10.3. The fourth-order valence-electron chi connectivity index (χ4n) is 1.40. The number of amidine groups is 1. The Hall–Kier alpha value is -2.69. The molecule has 0 fully saturated rings. The molecule has 0 atom stereocenters. The van der Waals surface area contributed by atoms with Crippen LogP contribution in [0.3, 0.4) is 0 Å². The topological polar surface area (TPSA) is 62.9 Å². The van der Waals surface area contributed by atoms with Gasteiger partial charge in [-0.15, -0.1) is 10.2 Å². The van der Waals surface area contributed by atoms with E-state index in [9.17, 15) is 0 Å². The fourth-order valence-corrected chi connectivity index (χ4v) is 1.40. The molecule has 0 aromatic carbocycles. The van der Waals surface area contributed by atoms with E-state index in [2.05, 4.69) is 31.8 Å². The second kappa shape index (κ2) is 6.30. The lowest BCUT2D eigenvalue weighted by Crippen LogP contribution is -1.99. The predicted molar refractivity (Wildman–Crippen MR) is 74.8 cm³/mol. The van der Waals surface area contributed by atoms with E-state index in [1.807, 2.05) is 36.4 Å². The van der Waals surface area contributed by atoms with Crippen molar-refractivity contribution in [3.8, 4) is 0 Å². The normalized spacial score (nSPS) is 11.7. The van der Waals surface area contributed by atoms with Gasteiger partial charge in [-0.25, -0.2) is 0 Å². The standard InChI is InChI=1S/C14H13N5/c1-11(12-7-3-5-9-16-12)18-19-14(15-2)13-8-4-6-10-17-13/h3-10H,1H2,2H3/b15-14-,19-18-. The summed E-state index contributed by atoms with van der Waals surface area (Å²) in [5.74, 6) is 0.456. The first kappa shape index (κ1) is 12.8. The highest BCUT2D eigenvalue weighted by atomic mass is 15.2. The van der Waals surface area contributed by atoms with Crippen molar-refractivity contribution in [2.45, 2.75) is 0 Å². The number of hydrogen-bond acceptors (Lipinski definition) is 4. The molecule has 0 N–H and O–H groups in total. The van der Waals surface area contributed by atoms with Crippen LogP contribution in [0.4, 0.5) is 0 Å². The summed E-state index contributed by atoms with van der Waals surface area (Å²) >= 11 is 0. The molecule has 0 saturated heterocycles. The lowest BCUT2D eigenvalue weighted by molar-refractivity contribution is 1.18. The lowest BCUT2D eigenvalue weighted by Gasteiger charge is -1.99. The summed E-state index contributed by atoms with van der Waals surface area (Å²) in [7, 11) is 1.65. The van der Waals surface area contributed by atoms with Gasteiger partial charge >= 0.3 is 0 Å². The molecular formula is C14H13N5. The minimum absolute atomic E-state index is 0.456.